The average molecular weight is 391 g/mol. The number of amides is 1. The van der Waals surface area contributed by atoms with E-state index in [-0.39, 0.29) is 11.4 Å². The zero-order chi connectivity index (χ0) is 19.8. The molecule has 4 bridgehead atoms. The Kier molecular flexibility index (Phi) is 3.38. The third-order valence-corrected chi connectivity index (χ3v) is 7.24. The van der Waals surface area contributed by atoms with Gasteiger partial charge in [0.2, 0.25) is 5.96 Å². The van der Waals surface area contributed by atoms with E-state index in [0.29, 0.717) is 23.5 Å². The number of hydrogen-bond donors (Lipinski definition) is 3. The summed E-state index contributed by atoms with van der Waals surface area (Å²) in [5.74, 6) is 1.65. The average Bonchev–Trinajstić information content (AvgIpc) is 3.20. The predicted molar refractivity (Wildman–Crippen MR) is 110 cm³/mol. The molecule has 7 nitrogen and oxygen atoms in total. The summed E-state index contributed by atoms with van der Waals surface area (Å²) in [4.78, 5) is 19.1. The lowest BCUT2D eigenvalue weighted by atomic mass is 9.51. The highest BCUT2D eigenvalue weighted by molar-refractivity contribution is 6.13. The summed E-state index contributed by atoms with van der Waals surface area (Å²) in [6.07, 6.45) is 9.55. The largest absolute Gasteiger partial charge is 0.390 e. The van der Waals surface area contributed by atoms with Gasteiger partial charge in [0, 0.05) is 18.0 Å². The van der Waals surface area contributed by atoms with E-state index in [4.69, 9.17) is 0 Å². The van der Waals surface area contributed by atoms with Crippen LogP contribution in [-0.2, 0) is 4.79 Å². The van der Waals surface area contributed by atoms with Gasteiger partial charge in [-0.05, 0) is 74.1 Å². The fraction of sp³-hybridized carbons (Fsp3) is 0.500. The lowest BCUT2D eigenvalue weighted by Crippen LogP contribution is -2.66. The van der Waals surface area contributed by atoms with E-state index in [1.54, 1.807) is 18.1 Å². The van der Waals surface area contributed by atoms with Crippen molar-refractivity contribution in [3.05, 3.63) is 35.7 Å². The molecule has 1 aliphatic heterocycles. The van der Waals surface area contributed by atoms with Gasteiger partial charge in [-0.1, -0.05) is 6.07 Å². The van der Waals surface area contributed by atoms with Crippen molar-refractivity contribution in [2.45, 2.75) is 49.7 Å². The van der Waals surface area contributed by atoms with Crippen LogP contribution in [0.15, 0.2) is 35.1 Å². The van der Waals surface area contributed by atoms with Gasteiger partial charge in [-0.25, -0.2) is 4.99 Å². The van der Waals surface area contributed by atoms with Gasteiger partial charge in [-0.15, -0.1) is 0 Å². The molecule has 29 heavy (non-hydrogen) atoms. The van der Waals surface area contributed by atoms with Gasteiger partial charge in [0.1, 0.15) is 5.70 Å². The number of aliphatic hydroxyl groups is 1. The Morgan fingerprint density at radius 3 is 2.83 bits per heavy atom. The molecule has 0 saturated heterocycles. The molecule has 4 saturated carbocycles. The van der Waals surface area contributed by atoms with Crippen LogP contribution in [0.3, 0.4) is 0 Å². The number of rotatable bonds is 2. The van der Waals surface area contributed by atoms with Crippen molar-refractivity contribution in [3.63, 3.8) is 0 Å². The van der Waals surface area contributed by atoms with Crippen molar-refractivity contribution in [2.24, 2.45) is 16.8 Å². The first-order valence-electron chi connectivity index (χ1n) is 10.4. The molecule has 150 valence electrons. The Morgan fingerprint density at radius 2 is 2.07 bits per heavy atom. The number of fused-ring (bicyclic) bond motifs is 1. The third kappa shape index (κ3) is 2.71. The number of guanidine groups is 1. The highest BCUT2D eigenvalue weighted by atomic mass is 16.3. The Labute approximate surface area is 168 Å². The Hall–Kier alpha value is -2.67. The van der Waals surface area contributed by atoms with Crippen LogP contribution in [-0.4, -0.2) is 50.3 Å². The molecule has 1 aromatic heterocycles. The summed E-state index contributed by atoms with van der Waals surface area (Å²) in [5, 5.41) is 22.6. The topological polar surface area (TPSA) is 93.6 Å². The maximum atomic E-state index is 12.8. The lowest BCUT2D eigenvalue weighted by Gasteiger charge is -2.60. The SMILES string of the molecule is CN1C(=O)/C(=C/c2ccc3[nH]ncc3c2)N=C1NC12CC3CC(CC(O)(C3)C1)C2. The smallest absolute Gasteiger partial charge is 0.279 e. The number of aromatic nitrogens is 2. The maximum absolute atomic E-state index is 12.8. The molecule has 1 aromatic carbocycles. The summed E-state index contributed by atoms with van der Waals surface area (Å²) >= 11 is 0. The highest BCUT2D eigenvalue weighted by Crippen LogP contribution is 2.57. The number of likely N-dealkylation sites (N-methyl/N-ethyl adjacent to an activating group) is 1. The second kappa shape index (κ2) is 5.69. The van der Waals surface area contributed by atoms with E-state index in [2.05, 4.69) is 20.5 Å². The van der Waals surface area contributed by atoms with Crippen LogP contribution in [0.5, 0.6) is 0 Å². The molecule has 0 spiro atoms. The van der Waals surface area contributed by atoms with Crippen molar-refractivity contribution in [2.75, 3.05) is 7.05 Å². The molecule has 2 heterocycles. The van der Waals surface area contributed by atoms with E-state index in [1.165, 1.54) is 6.42 Å². The van der Waals surface area contributed by atoms with Gasteiger partial charge in [0.15, 0.2) is 0 Å². The molecule has 5 aliphatic rings. The Morgan fingerprint density at radius 1 is 1.28 bits per heavy atom. The molecular formula is C22H25N5O2. The van der Waals surface area contributed by atoms with Gasteiger partial charge in [0.05, 0.1) is 17.3 Å². The van der Waals surface area contributed by atoms with Crippen LogP contribution in [0.1, 0.15) is 44.1 Å². The summed E-state index contributed by atoms with van der Waals surface area (Å²) in [6.45, 7) is 0. The standard InChI is InChI=1S/C22H25N5O2/c1-27-19(28)18(6-13-2-3-17-16(5-13)11-23-26-17)24-20(27)25-21-7-14-4-15(8-21)10-22(29,9-14)12-21/h2-3,5-6,11,14-15,29H,4,7-10,12H2,1H3,(H,23,26)(H,24,25)/b18-6-. The Bertz CT molecular complexity index is 1070. The van der Waals surface area contributed by atoms with Gasteiger partial charge < -0.3 is 10.4 Å². The molecule has 0 radical (unpaired) electrons. The normalized spacial score (nSPS) is 37.0. The zero-order valence-corrected chi connectivity index (χ0v) is 16.5. The van der Waals surface area contributed by atoms with Gasteiger partial charge in [-0.3, -0.25) is 14.8 Å². The molecule has 2 atom stereocenters. The van der Waals surface area contributed by atoms with Gasteiger partial charge in [-0.2, -0.15) is 5.10 Å². The maximum Gasteiger partial charge on any atom is 0.279 e. The van der Waals surface area contributed by atoms with E-state index < -0.39 is 5.60 Å². The predicted octanol–water partition coefficient (Wildman–Crippen LogP) is 2.41. The molecule has 2 unspecified atom stereocenters. The number of aromatic amines is 1. The zero-order valence-electron chi connectivity index (χ0n) is 16.5. The third-order valence-electron chi connectivity index (χ3n) is 7.24. The number of H-pyrrole nitrogens is 1. The molecule has 4 aliphatic carbocycles. The minimum Gasteiger partial charge on any atom is -0.390 e. The van der Waals surface area contributed by atoms with Gasteiger partial charge in [0.25, 0.3) is 5.91 Å². The monoisotopic (exact) mass is 391 g/mol. The summed E-state index contributed by atoms with van der Waals surface area (Å²) in [5.41, 5.74) is 1.63. The number of nitrogens with one attached hydrogen (secondary N) is 2. The summed E-state index contributed by atoms with van der Waals surface area (Å²) in [6, 6.07) is 5.90. The number of aliphatic imine (C=N–C) groups is 1. The summed E-state index contributed by atoms with van der Waals surface area (Å²) < 4.78 is 0. The van der Waals surface area contributed by atoms with Gasteiger partial charge >= 0.3 is 0 Å². The van der Waals surface area contributed by atoms with E-state index in [0.717, 1.165) is 48.6 Å². The first kappa shape index (κ1) is 17.2. The molecule has 1 amide bonds. The van der Waals surface area contributed by atoms with Crippen LogP contribution in [0.2, 0.25) is 0 Å². The van der Waals surface area contributed by atoms with Crippen LogP contribution < -0.4 is 5.32 Å². The Balaban J connectivity index is 1.30. The van der Waals surface area contributed by atoms with Crippen molar-refractivity contribution < 1.29 is 9.90 Å². The summed E-state index contributed by atoms with van der Waals surface area (Å²) in [7, 11) is 1.77. The van der Waals surface area contributed by atoms with Crippen molar-refractivity contribution in [1.29, 1.82) is 0 Å². The number of nitrogens with zero attached hydrogens (tertiary/aromatic N) is 3. The second-order valence-corrected chi connectivity index (χ2v) is 9.64. The second-order valence-electron chi connectivity index (χ2n) is 9.64. The van der Waals surface area contributed by atoms with Crippen LogP contribution in [0, 0.1) is 11.8 Å². The highest BCUT2D eigenvalue weighted by Gasteiger charge is 2.58. The van der Waals surface area contributed by atoms with Crippen molar-refractivity contribution in [3.8, 4) is 0 Å². The van der Waals surface area contributed by atoms with Crippen LogP contribution in [0.4, 0.5) is 0 Å². The molecule has 3 N–H and O–H groups in total. The fourth-order valence-corrected chi connectivity index (χ4v) is 6.52. The quantitative estimate of drug-likeness (QED) is 0.686. The van der Waals surface area contributed by atoms with Crippen molar-refractivity contribution in [1.82, 2.24) is 20.4 Å². The first-order valence-corrected chi connectivity index (χ1v) is 10.4. The minimum atomic E-state index is -0.544. The fourth-order valence-electron chi connectivity index (χ4n) is 6.52. The van der Waals surface area contributed by atoms with Crippen molar-refractivity contribution >= 4 is 28.8 Å². The lowest BCUT2D eigenvalue weighted by molar-refractivity contribution is -0.138. The molecule has 4 fully saturated rings. The number of benzene rings is 1. The van der Waals surface area contributed by atoms with E-state index in [9.17, 15) is 9.90 Å². The molecule has 7 rings (SSSR count). The van der Waals surface area contributed by atoms with E-state index in [1.807, 2.05) is 24.3 Å². The number of carbonyl (C=O) groups excluding carboxylic acids is 1. The molecule has 2 aromatic rings. The number of carbonyl (C=O) groups is 1. The first-order chi connectivity index (χ1) is 13.9. The van der Waals surface area contributed by atoms with Crippen LogP contribution >= 0.6 is 0 Å². The minimum absolute atomic E-state index is 0.108. The molecular weight excluding hydrogens is 366 g/mol. The molecule has 7 heteroatoms. The van der Waals surface area contributed by atoms with E-state index >= 15 is 0 Å². The van der Waals surface area contributed by atoms with Crippen LogP contribution in [0.25, 0.3) is 17.0 Å². The number of hydrogen-bond acceptors (Lipinski definition) is 5.